The lowest BCUT2D eigenvalue weighted by Gasteiger charge is -2.05. The number of primary amides is 2. The molecule has 0 aliphatic heterocycles. The molecule has 6 nitrogen and oxygen atoms in total. The van der Waals surface area contributed by atoms with E-state index in [2.05, 4.69) is 10.3 Å². The number of carbonyl (C=O) groups is 2. The Morgan fingerprint density at radius 3 is 2.71 bits per heavy atom. The summed E-state index contributed by atoms with van der Waals surface area (Å²) in [7, 11) is 0. The second kappa shape index (κ2) is 4.22. The van der Waals surface area contributed by atoms with Crippen molar-refractivity contribution in [1.82, 2.24) is 4.98 Å². The number of hydrogen-bond donors (Lipinski definition) is 3. The maximum atomic E-state index is 10.9. The van der Waals surface area contributed by atoms with Gasteiger partial charge in [-0.1, -0.05) is 0 Å². The van der Waals surface area contributed by atoms with Crippen LogP contribution in [0.2, 0.25) is 0 Å². The van der Waals surface area contributed by atoms with Crippen LogP contribution in [0.4, 0.5) is 5.82 Å². The van der Waals surface area contributed by atoms with E-state index in [9.17, 15) is 9.59 Å². The first kappa shape index (κ1) is 9.97. The number of nitrogens with zero attached hydrogens (tertiary/aromatic N) is 1. The first-order valence-electron chi connectivity index (χ1n) is 3.88. The van der Waals surface area contributed by atoms with Crippen LogP contribution < -0.4 is 16.8 Å². The zero-order valence-electron chi connectivity index (χ0n) is 7.36. The molecule has 0 radical (unpaired) electrons. The monoisotopic (exact) mass is 194 g/mol. The van der Waals surface area contributed by atoms with Crippen molar-refractivity contribution in [1.29, 1.82) is 0 Å². The Balaban J connectivity index is 2.84. The Morgan fingerprint density at radius 2 is 2.14 bits per heavy atom. The highest BCUT2D eigenvalue weighted by atomic mass is 16.1. The van der Waals surface area contributed by atoms with Gasteiger partial charge in [0.15, 0.2) is 0 Å². The van der Waals surface area contributed by atoms with Gasteiger partial charge in [-0.3, -0.25) is 9.59 Å². The molecule has 0 fully saturated rings. The van der Waals surface area contributed by atoms with Crippen molar-refractivity contribution < 1.29 is 9.59 Å². The Bertz CT molecular complexity index is 364. The molecule has 14 heavy (non-hydrogen) atoms. The van der Waals surface area contributed by atoms with Gasteiger partial charge >= 0.3 is 0 Å². The van der Waals surface area contributed by atoms with E-state index in [1.807, 2.05) is 0 Å². The van der Waals surface area contributed by atoms with Gasteiger partial charge in [0.05, 0.1) is 12.1 Å². The lowest BCUT2D eigenvalue weighted by Crippen LogP contribution is -2.24. The van der Waals surface area contributed by atoms with Crippen LogP contribution in [0.3, 0.4) is 0 Å². The summed E-state index contributed by atoms with van der Waals surface area (Å²) in [5.41, 5.74) is 10.2. The third kappa shape index (κ3) is 2.44. The minimum atomic E-state index is -0.606. The molecule has 0 saturated carbocycles. The van der Waals surface area contributed by atoms with Gasteiger partial charge in [0, 0.05) is 6.20 Å². The number of nitrogens with two attached hydrogens (primary N) is 2. The molecular formula is C8H10N4O2. The van der Waals surface area contributed by atoms with Gasteiger partial charge in [-0.15, -0.1) is 0 Å². The molecule has 0 spiro atoms. The van der Waals surface area contributed by atoms with Crippen molar-refractivity contribution in [2.75, 3.05) is 11.9 Å². The Labute approximate surface area is 80.3 Å². The fourth-order valence-electron chi connectivity index (χ4n) is 0.916. The Kier molecular flexibility index (Phi) is 3.01. The van der Waals surface area contributed by atoms with Crippen LogP contribution >= 0.6 is 0 Å². The summed E-state index contributed by atoms with van der Waals surface area (Å²) in [6, 6.07) is 3.09. The van der Waals surface area contributed by atoms with Crippen molar-refractivity contribution in [3.63, 3.8) is 0 Å². The summed E-state index contributed by atoms with van der Waals surface area (Å²) in [4.78, 5) is 25.2. The molecule has 0 bridgehead atoms. The minimum Gasteiger partial charge on any atom is -0.368 e. The maximum absolute atomic E-state index is 10.9. The normalized spacial score (nSPS) is 9.43. The number of aromatic nitrogens is 1. The van der Waals surface area contributed by atoms with E-state index in [4.69, 9.17) is 11.5 Å². The highest BCUT2D eigenvalue weighted by Gasteiger charge is 2.08. The van der Waals surface area contributed by atoms with E-state index in [0.29, 0.717) is 0 Å². The molecule has 2 amide bonds. The fraction of sp³-hybridized carbons (Fsp3) is 0.125. The predicted octanol–water partition coefficient (Wildman–Crippen LogP) is -0.922. The minimum absolute atomic E-state index is 0.0860. The molecule has 0 atom stereocenters. The SMILES string of the molecule is NC(=O)CNc1ncccc1C(N)=O. The van der Waals surface area contributed by atoms with Gasteiger partial charge in [0.2, 0.25) is 5.91 Å². The predicted molar refractivity (Wildman–Crippen MR) is 50.4 cm³/mol. The van der Waals surface area contributed by atoms with Crippen molar-refractivity contribution in [2.24, 2.45) is 11.5 Å². The highest BCUT2D eigenvalue weighted by Crippen LogP contribution is 2.09. The second-order valence-corrected chi connectivity index (χ2v) is 2.58. The van der Waals surface area contributed by atoms with Crippen LogP contribution in [0.1, 0.15) is 10.4 Å². The van der Waals surface area contributed by atoms with E-state index in [-0.39, 0.29) is 17.9 Å². The van der Waals surface area contributed by atoms with Gasteiger partial charge in [0.25, 0.3) is 5.91 Å². The van der Waals surface area contributed by atoms with Gasteiger partial charge in [0.1, 0.15) is 5.82 Å². The second-order valence-electron chi connectivity index (χ2n) is 2.58. The summed E-state index contributed by atoms with van der Waals surface area (Å²) in [5.74, 6) is -0.880. The molecule has 74 valence electrons. The first-order valence-corrected chi connectivity index (χ1v) is 3.88. The highest BCUT2D eigenvalue weighted by molar-refractivity contribution is 5.97. The van der Waals surface area contributed by atoms with Crippen LogP contribution in [0.5, 0.6) is 0 Å². The fourth-order valence-corrected chi connectivity index (χ4v) is 0.916. The number of rotatable bonds is 4. The number of carbonyl (C=O) groups excluding carboxylic acids is 2. The van der Waals surface area contributed by atoms with Crippen LogP contribution in [0.25, 0.3) is 0 Å². The van der Waals surface area contributed by atoms with Crippen molar-refractivity contribution in [3.05, 3.63) is 23.9 Å². The summed E-state index contributed by atoms with van der Waals surface area (Å²) < 4.78 is 0. The van der Waals surface area contributed by atoms with Gasteiger partial charge in [-0.25, -0.2) is 4.98 Å². The summed E-state index contributed by atoms with van der Waals surface area (Å²) >= 11 is 0. The van der Waals surface area contributed by atoms with Gasteiger partial charge in [-0.05, 0) is 12.1 Å². The molecule has 0 aliphatic carbocycles. The standard InChI is InChI=1S/C8H10N4O2/c9-6(13)4-12-8-5(7(10)14)2-1-3-11-8/h1-3H,4H2,(H2,9,13)(H2,10,14)(H,11,12). The molecule has 1 heterocycles. The smallest absolute Gasteiger partial charge is 0.252 e. The molecule has 5 N–H and O–H groups in total. The zero-order valence-corrected chi connectivity index (χ0v) is 7.36. The molecule has 1 rings (SSSR count). The van der Waals surface area contributed by atoms with Crippen LogP contribution in [-0.2, 0) is 4.79 Å². The molecule has 0 unspecified atom stereocenters. The molecule has 0 saturated heterocycles. The van der Waals surface area contributed by atoms with Gasteiger partial charge in [-0.2, -0.15) is 0 Å². The Morgan fingerprint density at radius 1 is 1.43 bits per heavy atom. The maximum Gasteiger partial charge on any atom is 0.252 e. The molecular weight excluding hydrogens is 184 g/mol. The quantitative estimate of drug-likeness (QED) is 0.575. The summed E-state index contributed by atoms with van der Waals surface area (Å²) in [5, 5.41) is 2.61. The van der Waals surface area contributed by atoms with Crippen molar-refractivity contribution in [3.8, 4) is 0 Å². The number of pyridine rings is 1. The van der Waals surface area contributed by atoms with Crippen LogP contribution in [0, 0.1) is 0 Å². The van der Waals surface area contributed by atoms with E-state index in [1.54, 1.807) is 6.07 Å². The first-order chi connectivity index (χ1) is 6.61. The van der Waals surface area contributed by atoms with Crippen molar-refractivity contribution in [2.45, 2.75) is 0 Å². The Hall–Kier alpha value is -2.11. The van der Waals surface area contributed by atoms with E-state index in [1.165, 1.54) is 12.3 Å². The third-order valence-corrected chi connectivity index (χ3v) is 1.50. The van der Waals surface area contributed by atoms with E-state index in [0.717, 1.165) is 0 Å². The lowest BCUT2D eigenvalue weighted by molar-refractivity contribution is -0.116. The molecule has 1 aromatic rings. The average molecular weight is 194 g/mol. The number of anilines is 1. The number of hydrogen-bond acceptors (Lipinski definition) is 4. The van der Waals surface area contributed by atoms with E-state index >= 15 is 0 Å². The van der Waals surface area contributed by atoms with E-state index < -0.39 is 11.8 Å². The molecule has 1 aromatic heterocycles. The zero-order chi connectivity index (χ0) is 10.6. The lowest BCUT2D eigenvalue weighted by atomic mass is 10.2. The molecule has 6 heteroatoms. The summed E-state index contributed by atoms with van der Waals surface area (Å²) in [6.07, 6.45) is 1.48. The van der Waals surface area contributed by atoms with Gasteiger partial charge < -0.3 is 16.8 Å². The third-order valence-electron chi connectivity index (χ3n) is 1.50. The van der Waals surface area contributed by atoms with Crippen LogP contribution in [0.15, 0.2) is 18.3 Å². The van der Waals surface area contributed by atoms with Crippen molar-refractivity contribution >= 4 is 17.6 Å². The summed E-state index contributed by atoms with van der Waals surface area (Å²) in [6.45, 7) is -0.0860. The number of nitrogens with one attached hydrogen (secondary N) is 1. The average Bonchev–Trinajstić information content (AvgIpc) is 2.15. The largest absolute Gasteiger partial charge is 0.368 e. The topological polar surface area (TPSA) is 111 Å². The van der Waals surface area contributed by atoms with Crippen LogP contribution in [-0.4, -0.2) is 23.3 Å². The molecule has 0 aliphatic rings. The number of amides is 2. The molecule has 0 aromatic carbocycles.